The van der Waals surface area contributed by atoms with Gasteiger partial charge in [0.1, 0.15) is 0 Å². The van der Waals surface area contributed by atoms with Gasteiger partial charge in [-0.3, -0.25) is 4.79 Å². The van der Waals surface area contributed by atoms with E-state index in [4.69, 9.17) is 9.47 Å². The zero-order valence-electron chi connectivity index (χ0n) is 15.5. The Morgan fingerprint density at radius 3 is 2.67 bits per heavy atom. The molecule has 3 rings (SSSR count). The molecule has 0 N–H and O–H groups in total. The lowest BCUT2D eigenvalue weighted by Gasteiger charge is -2.49. The molecule has 3 unspecified atom stereocenters. The van der Waals surface area contributed by atoms with E-state index < -0.39 is 6.10 Å². The summed E-state index contributed by atoms with van der Waals surface area (Å²) in [5.74, 6) is 1.94. The Balaban J connectivity index is 2.29. The molecule has 4 heteroatoms. The van der Waals surface area contributed by atoms with E-state index in [-0.39, 0.29) is 5.41 Å². The molecule has 4 atom stereocenters. The van der Waals surface area contributed by atoms with Crippen LogP contribution >= 0.6 is 0 Å². The second kappa shape index (κ2) is 6.40. The summed E-state index contributed by atoms with van der Waals surface area (Å²) in [6.45, 7) is 4.43. The van der Waals surface area contributed by atoms with Crippen LogP contribution in [-0.2, 0) is 16.6 Å². The van der Waals surface area contributed by atoms with Gasteiger partial charge in [0, 0.05) is 17.0 Å². The Labute approximate surface area is 145 Å². The van der Waals surface area contributed by atoms with Crippen LogP contribution in [0.15, 0.2) is 12.1 Å². The molecular weight excluding hydrogens is 302 g/mol. The summed E-state index contributed by atoms with van der Waals surface area (Å²) in [5, 5.41) is 0. The van der Waals surface area contributed by atoms with Gasteiger partial charge in [-0.05, 0) is 44.5 Å². The Kier molecular flexibility index (Phi) is 4.60. The van der Waals surface area contributed by atoms with Gasteiger partial charge >= 0.3 is 0 Å². The second-order valence-electron chi connectivity index (χ2n) is 7.35. The van der Waals surface area contributed by atoms with Crippen molar-refractivity contribution in [3.05, 3.63) is 23.3 Å². The van der Waals surface area contributed by atoms with E-state index in [2.05, 4.69) is 38.9 Å². The molecule has 0 bridgehead atoms. The number of hydrogen-bond acceptors (Lipinski definition) is 4. The van der Waals surface area contributed by atoms with Crippen LogP contribution in [0.2, 0.25) is 0 Å². The molecule has 1 aromatic carbocycles. The van der Waals surface area contributed by atoms with Crippen molar-refractivity contribution in [3.8, 4) is 11.5 Å². The van der Waals surface area contributed by atoms with Gasteiger partial charge in [0.15, 0.2) is 23.9 Å². The van der Waals surface area contributed by atoms with Crippen molar-refractivity contribution in [1.82, 2.24) is 4.90 Å². The highest BCUT2D eigenvalue weighted by molar-refractivity contribution is 5.70. The van der Waals surface area contributed by atoms with Gasteiger partial charge in [-0.15, -0.1) is 0 Å². The van der Waals surface area contributed by atoms with Crippen molar-refractivity contribution in [2.24, 2.45) is 5.92 Å². The molecule has 1 heterocycles. The molecule has 1 aliphatic carbocycles. The van der Waals surface area contributed by atoms with Crippen molar-refractivity contribution in [1.29, 1.82) is 0 Å². The standard InChI is InChI=1S/C20H29NO3/c1-6-10-20-14(7-2)15(21(3)4)11-13-8-9-16(23-5)19(18(13)20)24-17(20)12-22/h8-9,12,14-15,17H,6-7,10-11H2,1-5H3/t14?,15?,17?,20-/m0/s1. The van der Waals surface area contributed by atoms with Gasteiger partial charge in [0.25, 0.3) is 0 Å². The first-order chi connectivity index (χ1) is 11.5. The first-order valence-electron chi connectivity index (χ1n) is 9.03. The smallest absolute Gasteiger partial charge is 0.166 e. The van der Waals surface area contributed by atoms with Gasteiger partial charge in [-0.25, -0.2) is 0 Å². The molecule has 2 aliphatic rings. The Morgan fingerprint density at radius 1 is 1.38 bits per heavy atom. The molecule has 132 valence electrons. The fraction of sp³-hybridized carbons (Fsp3) is 0.650. The SMILES string of the molecule is CCC[C@@]12c3c(ccc(OC)c3OC1C=O)CC(N(C)C)C2CC. The number of likely N-dealkylation sites (N-methyl/N-ethyl adjacent to an activating group) is 1. The zero-order valence-corrected chi connectivity index (χ0v) is 15.5. The summed E-state index contributed by atoms with van der Waals surface area (Å²) in [5.41, 5.74) is 2.32. The number of hydrogen-bond donors (Lipinski definition) is 0. The summed E-state index contributed by atoms with van der Waals surface area (Å²) in [7, 11) is 5.96. The van der Waals surface area contributed by atoms with Crippen LogP contribution in [0.5, 0.6) is 11.5 Å². The number of ether oxygens (including phenoxy) is 2. The first kappa shape index (κ1) is 17.3. The third kappa shape index (κ3) is 2.19. The minimum Gasteiger partial charge on any atom is -0.493 e. The monoisotopic (exact) mass is 331 g/mol. The van der Waals surface area contributed by atoms with E-state index in [0.717, 1.165) is 43.5 Å². The lowest BCUT2D eigenvalue weighted by molar-refractivity contribution is -0.117. The highest BCUT2D eigenvalue weighted by Crippen LogP contribution is 2.59. The highest BCUT2D eigenvalue weighted by Gasteiger charge is 2.59. The minimum atomic E-state index is -0.421. The number of carbonyl (C=O) groups excluding carboxylic acids is 1. The normalized spacial score (nSPS) is 30.8. The molecular formula is C20H29NO3. The highest BCUT2D eigenvalue weighted by atomic mass is 16.5. The maximum Gasteiger partial charge on any atom is 0.166 e. The molecule has 0 fully saturated rings. The Morgan fingerprint density at radius 2 is 2.12 bits per heavy atom. The third-order valence-electron chi connectivity index (χ3n) is 6.09. The quantitative estimate of drug-likeness (QED) is 0.750. The molecule has 0 saturated heterocycles. The van der Waals surface area contributed by atoms with E-state index >= 15 is 0 Å². The van der Waals surface area contributed by atoms with Crippen molar-refractivity contribution in [2.45, 2.75) is 57.1 Å². The van der Waals surface area contributed by atoms with Crippen LogP contribution in [-0.4, -0.2) is 44.5 Å². The Hall–Kier alpha value is -1.55. The topological polar surface area (TPSA) is 38.8 Å². The van der Waals surface area contributed by atoms with Crippen LogP contribution in [0.1, 0.15) is 44.2 Å². The van der Waals surface area contributed by atoms with Crippen LogP contribution in [0.3, 0.4) is 0 Å². The fourth-order valence-electron chi connectivity index (χ4n) is 5.24. The van der Waals surface area contributed by atoms with E-state index in [1.165, 1.54) is 11.1 Å². The van der Waals surface area contributed by atoms with E-state index in [1.54, 1.807) is 7.11 Å². The van der Waals surface area contributed by atoms with Gasteiger partial charge in [0.2, 0.25) is 0 Å². The molecule has 0 saturated carbocycles. The summed E-state index contributed by atoms with van der Waals surface area (Å²) < 4.78 is 11.7. The van der Waals surface area contributed by atoms with Crippen LogP contribution in [0.4, 0.5) is 0 Å². The predicted molar refractivity (Wildman–Crippen MR) is 95.0 cm³/mol. The van der Waals surface area contributed by atoms with Gasteiger partial charge < -0.3 is 14.4 Å². The van der Waals surface area contributed by atoms with E-state index in [1.807, 2.05) is 6.07 Å². The molecule has 24 heavy (non-hydrogen) atoms. The largest absolute Gasteiger partial charge is 0.493 e. The lowest BCUT2D eigenvalue weighted by Crippen LogP contribution is -2.56. The van der Waals surface area contributed by atoms with Crippen LogP contribution < -0.4 is 9.47 Å². The molecule has 0 spiro atoms. The number of nitrogens with zero attached hydrogens (tertiary/aromatic N) is 1. The van der Waals surface area contributed by atoms with Gasteiger partial charge in [0.05, 0.1) is 7.11 Å². The van der Waals surface area contributed by atoms with Gasteiger partial charge in [-0.1, -0.05) is 32.8 Å². The van der Waals surface area contributed by atoms with Crippen molar-refractivity contribution in [3.63, 3.8) is 0 Å². The van der Waals surface area contributed by atoms with E-state index in [0.29, 0.717) is 12.0 Å². The van der Waals surface area contributed by atoms with Gasteiger partial charge in [-0.2, -0.15) is 0 Å². The average Bonchev–Trinajstić information content (AvgIpc) is 2.91. The summed E-state index contributed by atoms with van der Waals surface area (Å²) >= 11 is 0. The molecule has 1 aliphatic heterocycles. The minimum absolute atomic E-state index is 0.238. The van der Waals surface area contributed by atoms with Crippen molar-refractivity contribution >= 4 is 6.29 Å². The maximum atomic E-state index is 12.0. The number of aldehydes is 1. The maximum absolute atomic E-state index is 12.0. The lowest BCUT2D eigenvalue weighted by atomic mass is 9.56. The predicted octanol–water partition coefficient (Wildman–Crippen LogP) is 3.21. The summed E-state index contributed by atoms with van der Waals surface area (Å²) in [6, 6.07) is 4.57. The van der Waals surface area contributed by atoms with Crippen LogP contribution in [0.25, 0.3) is 0 Å². The molecule has 4 nitrogen and oxygen atoms in total. The molecule has 0 amide bonds. The molecule has 1 aromatic rings. The van der Waals surface area contributed by atoms with Crippen molar-refractivity contribution < 1.29 is 14.3 Å². The molecule has 0 radical (unpaired) electrons. The number of carbonyl (C=O) groups is 1. The third-order valence-corrected chi connectivity index (χ3v) is 6.09. The fourth-order valence-corrected chi connectivity index (χ4v) is 5.24. The first-order valence-corrected chi connectivity index (χ1v) is 9.03. The van der Waals surface area contributed by atoms with Crippen molar-refractivity contribution in [2.75, 3.05) is 21.2 Å². The number of rotatable bonds is 6. The summed E-state index contributed by atoms with van der Waals surface area (Å²) in [6.07, 6.45) is 4.62. The number of methoxy groups -OCH3 is 1. The van der Waals surface area contributed by atoms with Crippen LogP contribution in [0, 0.1) is 5.92 Å². The summed E-state index contributed by atoms with van der Waals surface area (Å²) in [4.78, 5) is 14.3. The average molecular weight is 331 g/mol. The zero-order chi connectivity index (χ0) is 17.5. The van der Waals surface area contributed by atoms with E-state index in [9.17, 15) is 4.79 Å². The number of benzene rings is 1. The molecule has 0 aromatic heterocycles. The Bertz CT molecular complexity index is 628. The second-order valence-corrected chi connectivity index (χ2v) is 7.35.